The second kappa shape index (κ2) is 10.7. The molecule has 0 aliphatic rings. The highest BCUT2D eigenvalue weighted by Crippen LogP contribution is 2.28. The Hall–Kier alpha value is -3.84. The molecular weight excluding hydrogens is 434 g/mol. The maximum Gasteiger partial charge on any atom is 0.234 e. The molecule has 0 fully saturated rings. The van der Waals surface area contributed by atoms with Crippen LogP contribution in [0.3, 0.4) is 0 Å². The molecule has 4 rings (SSSR count). The fraction of sp³-hybridized carbons (Fsp3) is 0.115. The summed E-state index contributed by atoms with van der Waals surface area (Å²) in [6.07, 6.45) is 0. The molecule has 1 N–H and O–H groups in total. The molecular formula is C26H23N3O3S. The minimum absolute atomic E-state index is 0.159. The number of amides is 1. The predicted octanol–water partition coefficient (Wildman–Crippen LogP) is 5.56. The number of benzene rings is 3. The number of ether oxygens (including phenoxy) is 2. The molecule has 6 nitrogen and oxygen atoms in total. The average molecular weight is 458 g/mol. The van der Waals surface area contributed by atoms with Gasteiger partial charge in [0.15, 0.2) is 5.16 Å². The summed E-state index contributed by atoms with van der Waals surface area (Å²) in [6, 6.07) is 27.1. The number of rotatable bonds is 8. The molecule has 0 unspecified atom stereocenters. The summed E-state index contributed by atoms with van der Waals surface area (Å²) in [4.78, 5) is 22.0. The Balaban J connectivity index is 1.54. The van der Waals surface area contributed by atoms with Crippen LogP contribution in [0.25, 0.3) is 22.5 Å². The molecule has 0 saturated heterocycles. The number of nitrogens with one attached hydrogen (secondary N) is 1. The van der Waals surface area contributed by atoms with Gasteiger partial charge >= 0.3 is 0 Å². The van der Waals surface area contributed by atoms with Gasteiger partial charge in [0.05, 0.1) is 31.4 Å². The number of hydrogen-bond acceptors (Lipinski definition) is 6. The van der Waals surface area contributed by atoms with Crippen LogP contribution in [0.5, 0.6) is 11.5 Å². The van der Waals surface area contributed by atoms with E-state index in [1.807, 2.05) is 66.7 Å². The Morgan fingerprint density at radius 3 is 1.79 bits per heavy atom. The van der Waals surface area contributed by atoms with Crippen LogP contribution >= 0.6 is 11.8 Å². The third kappa shape index (κ3) is 5.90. The Kier molecular flexibility index (Phi) is 7.22. The van der Waals surface area contributed by atoms with Crippen molar-refractivity contribution >= 4 is 23.4 Å². The molecule has 1 amide bonds. The van der Waals surface area contributed by atoms with Gasteiger partial charge in [-0.3, -0.25) is 4.79 Å². The van der Waals surface area contributed by atoms with E-state index in [0.29, 0.717) is 22.3 Å². The monoisotopic (exact) mass is 457 g/mol. The smallest absolute Gasteiger partial charge is 0.234 e. The van der Waals surface area contributed by atoms with Crippen LogP contribution in [-0.2, 0) is 4.79 Å². The summed E-state index contributed by atoms with van der Waals surface area (Å²) in [5, 5.41) is 3.41. The van der Waals surface area contributed by atoms with Crippen molar-refractivity contribution in [1.82, 2.24) is 9.97 Å². The van der Waals surface area contributed by atoms with Crippen molar-refractivity contribution in [3.8, 4) is 34.0 Å². The minimum atomic E-state index is -0.176. The lowest BCUT2D eigenvalue weighted by Gasteiger charge is -2.10. The number of anilines is 1. The number of aromatic nitrogens is 2. The van der Waals surface area contributed by atoms with Crippen LogP contribution in [0.2, 0.25) is 0 Å². The normalized spacial score (nSPS) is 10.5. The van der Waals surface area contributed by atoms with Crippen molar-refractivity contribution in [3.05, 3.63) is 84.9 Å². The number of methoxy groups -OCH3 is 2. The fourth-order valence-electron chi connectivity index (χ4n) is 3.21. The molecule has 33 heavy (non-hydrogen) atoms. The molecule has 1 aromatic heterocycles. The van der Waals surface area contributed by atoms with E-state index in [1.54, 1.807) is 32.4 Å². The van der Waals surface area contributed by atoms with E-state index in [4.69, 9.17) is 19.4 Å². The standard InChI is InChI=1S/C26H23N3O3S/c1-31-21-13-20(14-22(15-21)32-2)27-25(30)17-33-26-28-23(18-9-5-3-6-10-18)16-24(29-26)19-11-7-4-8-12-19/h3-16H,17H2,1-2H3,(H,27,30). The molecule has 0 saturated carbocycles. The predicted molar refractivity (Wildman–Crippen MR) is 132 cm³/mol. The second-order valence-corrected chi connectivity index (χ2v) is 8.03. The Labute approximate surface area is 197 Å². The van der Waals surface area contributed by atoms with E-state index in [-0.39, 0.29) is 11.7 Å². The van der Waals surface area contributed by atoms with Gasteiger partial charge in [0.2, 0.25) is 5.91 Å². The summed E-state index contributed by atoms with van der Waals surface area (Å²) >= 11 is 1.29. The summed E-state index contributed by atoms with van der Waals surface area (Å²) in [6.45, 7) is 0. The zero-order chi connectivity index (χ0) is 23.0. The number of carbonyl (C=O) groups excluding carboxylic acids is 1. The molecule has 7 heteroatoms. The minimum Gasteiger partial charge on any atom is -0.497 e. The first kappa shape index (κ1) is 22.4. The van der Waals surface area contributed by atoms with Crippen molar-refractivity contribution in [2.24, 2.45) is 0 Å². The maximum absolute atomic E-state index is 12.6. The van der Waals surface area contributed by atoms with Crippen molar-refractivity contribution in [1.29, 1.82) is 0 Å². The van der Waals surface area contributed by atoms with Gasteiger partial charge in [0.25, 0.3) is 0 Å². The Bertz CT molecular complexity index is 1150. The molecule has 4 aromatic rings. The van der Waals surface area contributed by atoms with E-state index in [9.17, 15) is 4.79 Å². The third-order valence-electron chi connectivity index (χ3n) is 4.81. The van der Waals surface area contributed by atoms with Gasteiger partial charge < -0.3 is 14.8 Å². The van der Waals surface area contributed by atoms with Crippen molar-refractivity contribution in [2.45, 2.75) is 5.16 Å². The van der Waals surface area contributed by atoms with Crippen LogP contribution < -0.4 is 14.8 Å². The second-order valence-electron chi connectivity index (χ2n) is 7.09. The lowest BCUT2D eigenvalue weighted by Crippen LogP contribution is -2.14. The van der Waals surface area contributed by atoms with Crippen LogP contribution in [0, 0.1) is 0 Å². The SMILES string of the molecule is COc1cc(NC(=O)CSc2nc(-c3ccccc3)cc(-c3ccccc3)n2)cc(OC)c1. The zero-order valence-electron chi connectivity index (χ0n) is 18.3. The number of nitrogens with zero attached hydrogens (tertiary/aromatic N) is 2. The molecule has 0 bridgehead atoms. The van der Waals surface area contributed by atoms with Gasteiger partial charge in [-0.15, -0.1) is 0 Å². The van der Waals surface area contributed by atoms with E-state index < -0.39 is 0 Å². The lowest BCUT2D eigenvalue weighted by atomic mass is 10.1. The van der Waals surface area contributed by atoms with Crippen molar-refractivity contribution < 1.29 is 14.3 Å². The van der Waals surface area contributed by atoms with Crippen LogP contribution in [-0.4, -0.2) is 35.8 Å². The van der Waals surface area contributed by atoms with E-state index >= 15 is 0 Å². The Morgan fingerprint density at radius 2 is 1.30 bits per heavy atom. The van der Waals surface area contributed by atoms with Crippen LogP contribution in [0.4, 0.5) is 5.69 Å². The van der Waals surface area contributed by atoms with Crippen molar-refractivity contribution in [2.75, 3.05) is 25.3 Å². The van der Waals surface area contributed by atoms with Crippen molar-refractivity contribution in [3.63, 3.8) is 0 Å². The highest BCUT2D eigenvalue weighted by atomic mass is 32.2. The topological polar surface area (TPSA) is 73.3 Å². The van der Waals surface area contributed by atoms with E-state index in [1.165, 1.54) is 11.8 Å². The summed E-state index contributed by atoms with van der Waals surface area (Å²) in [5.41, 5.74) is 4.20. The first-order valence-corrected chi connectivity index (χ1v) is 11.3. The van der Waals surface area contributed by atoms with Gasteiger partial charge in [0.1, 0.15) is 11.5 Å². The summed E-state index contributed by atoms with van der Waals surface area (Å²) in [5.74, 6) is 1.18. The lowest BCUT2D eigenvalue weighted by molar-refractivity contribution is -0.113. The number of hydrogen-bond donors (Lipinski definition) is 1. The van der Waals surface area contributed by atoms with Crippen LogP contribution in [0.15, 0.2) is 90.1 Å². The quantitative estimate of drug-likeness (QED) is 0.276. The summed E-state index contributed by atoms with van der Waals surface area (Å²) < 4.78 is 10.5. The molecule has 0 atom stereocenters. The van der Waals surface area contributed by atoms with Gasteiger partial charge in [-0.05, 0) is 6.07 Å². The third-order valence-corrected chi connectivity index (χ3v) is 5.66. The van der Waals surface area contributed by atoms with E-state index in [0.717, 1.165) is 22.5 Å². The molecule has 0 aliphatic carbocycles. The number of carbonyl (C=O) groups is 1. The number of thioether (sulfide) groups is 1. The first-order chi connectivity index (χ1) is 16.1. The molecule has 166 valence electrons. The molecule has 3 aromatic carbocycles. The van der Waals surface area contributed by atoms with E-state index in [2.05, 4.69) is 5.32 Å². The molecule has 1 heterocycles. The van der Waals surface area contributed by atoms with Gasteiger partial charge in [0, 0.05) is 35.0 Å². The highest BCUT2D eigenvalue weighted by molar-refractivity contribution is 7.99. The largest absolute Gasteiger partial charge is 0.497 e. The van der Waals surface area contributed by atoms with Gasteiger partial charge in [-0.25, -0.2) is 9.97 Å². The average Bonchev–Trinajstić information content (AvgIpc) is 2.88. The molecule has 0 spiro atoms. The Morgan fingerprint density at radius 1 is 0.788 bits per heavy atom. The maximum atomic E-state index is 12.6. The zero-order valence-corrected chi connectivity index (χ0v) is 19.1. The molecule has 0 radical (unpaired) electrons. The first-order valence-electron chi connectivity index (χ1n) is 10.3. The van der Waals surface area contributed by atoms with Gasteiger partial charge in [-0.1, -0.05) is 72.4 Å². The fourth-order valence-corrected chi connectivity index (χ4v) is 3.87. The molecule has 0 aliphatic heterocycles. The van der Waals surface area contributed by atoms with Crippen LogP contribution in [0.1, 0.15) is 0 Å². The summed E-state index contributed by atoms with van der Waals surface area (Å²) in [7, 11) is 3.13. The highest BCUT2D eigenvalue weighted by Gasteiger charge is 2.12. The van der Waals surface area contributed by atoms with Gasteiger partial charge in [-0.2, -0.15) is 0 Å².